The van der Waals surface area contributed by atoms with Gasteiger partial charge in [0.15, 0.2) is 5.96 Å². The average Bonchev–Trinajstić information content (AvgIpc) is 2.60. The van der Waals surface area contributed by atoms with E-state index in [-0.39, 0.29) is 0 Å². The molecular weight excluding hydrogens is 370 g/mol. The molecule has 0 radical (unpaired) electrons. The van der Waals surface area contributed by atoms with Crippen molar-refractivity contribution in [1.82, 2.24) is 10.2 Å². The fraction of sp³-hybridized carbons (Fsp3) is 0.611. The van der Waals surface area contributed by atoms with Crippen LogP contribution in [0.3, 0.4) is 0 Å². The zero-order chi connectivity index (χ0) is 17.2. The fourth-order valence-electron chi connectivity index (χ4n) is 2.85. The molecule has 1 heterocycles. The normalized spacial score (nSPS) is 16.5. The molecule has 1 N–H and O–H groups in total. The lowest BCUT2D eigenvalue weighted by Gasteiger charge is -2.34. The Labute approximate surface area is 153 Å². The van der Waals surface area contributed by atoms with E-state index >= 15 is 0 Å². The van der Waals surface area contributed by atoms with Gasteiger partial charge >= 0.3 is 0 Å². The van der Waals surface area contributed by atoms with Crippen LogP contribution in [0.4, 0.5) is 0 Å². The second-order valence-corrected chi connectivity index (χ2v) is 6.85. The zero-order valence-electron chi connectivity index (χ0n) is 14.6. The van der Waals surface area contributed by atoms with Crippen LogP contribution >= 0.6 is 15.9 Å². The Morgan fingerprint density at radius 3 is 2.79 bits per heavy atom. The smallest absolute Gasteiger partial charge is 0.193 e. The van der Waals surface area contributed by atoms with Gasteiger partial charge in [-0.05, 0) is 37.0 Å². The van der Waals surface area contributed by atoms with Crippen molar-refractivity contribution in [2.45, 2.75) is 31.9 Å². The van der Waals surface area contributed by atoms with E-state index in [4.69, 9.17) is 9.47 Å². The first kappa shape index (κ1) is 19.2. The lowest BCUT2D eigenvalue weighted by atomic mass is 10.1. The van der Waals surface area contributed by atoms with E-state index in [1.165, 1.54) is 5.56 Å². The largest absolute Gasteiger partial charge is 0.385 e. The van der Waals surface area contributed by atoms with E-state index in [2.05, 4.69) is 49.3 Å². The van der Waals surface area contributed by atoms with Crippen molar-refractivity contribution in [3.05, 3.63) is 34.3 Å². The third-order valence-corrected chi connectivity index (χ3v) is 4.63. The third kappa shape index (κ3) is 6.42. The lowest BCUT2D eigenvalue weighted by molar-refractivity contribution is 0.00989. The van der Waals surface area contributed by atoms with E-state index in [1.807, 2.05) is 13.1 Å². The maximum atomic E-state index is 5.92. The maximum Gasteiger partial charge on any atom is 0.193 e. The predicted octanol–water partition coefficient (Wildman–Crippen LogP) is 3.04. The van der Waals surface area contributed by atoms with Crippen molar-refractivity contribution in [2.24, 2.45) is 4.99 Å². The van der Waals surface area contributed by atoms with E-state index in [1.54, 1.807) is 7.11 Å². The summed E-state index contributed by atoms with van der Waals surface area (Å²) in [6.45, 7) is 4.29. The molecule has 134 valence electrons. The minimum Gasteiger partial charge on any atom is -0.385 e. The summed E-state index contributed by atoms with van der Waals surface area (Å²) in [6, 6.07) is 8.33. The lowest BCUT2D eigenvalue weighted by Crippen LogP contribution is -2.46. The van der Waals surface area contributed by atoms with Gasteiger partial charge < -0.3 is 19.7 Å². The number of hydrogen-bond acceptors (Lipinski definition) is 3. The molecule has 5 nitrogen and oxygen atoms in total. The molecule has 1 aliphatic rings. The first-order valence-corrected chi connectivity index (χ1v) is 9.33. The van der Waals surface area contributed by atoms with Gasteiger partial charge in [0.1, 0.15) is 0 Å². The number of ether oxygens (including phenoxy) is 2. The van der Waals surface area contributed by atoms with Crippen molar-refractivity contribution in [1.29, 1.82) is 0 Å². The molecule has 24 heavy (non-hydrogen) atoms. The van der Waals surface area contributed by atoms with Crippen LogP contribution in [0.15, 0.2) is 33.7 Å². The molecule has 0 atom stereocenters. The van der Waals surface area contributed by atoms with Gasteiger partial charge in [0, 0.05) is 51.5 Å². The van der Waals surface area contributed by atoms with Crippen molar-refractivity contribution in [3.8, 4) is 0 Å². The SMILES string of the molecule is CN=C(NCc1cccc(Br)c1)N1CCC(OCCCOC)CC1. The van der Waals surface area contributed by atoms with Crippen molar-refractivity contribution >= 4 is 21.9 Å². The van der Waals surface area contributed by atoms with Crippen molar-refractivity contribution < 1.29 is 9.47 Å². The molecule has 1 saturated heterocycles. The molecule has 0 spiro atoms. The highest BCUT2D eigenvalue weighted by Gasteiger charge is 2.21. The molecule has 1 fully saturated rings. The number of guanidine groups is 1. The number of hydrogen-bond donors (Lipinski definition) is 1. The standard InChI is InChI=1S/C18H28BrN3O2/c1-20-18(21-14-15-5-3-6-16(19)13-15)22-9-7-17(8-10-22)24-12-4-11-23-2/h3,5-6,13,17H,4,7-12,14H2,1-2H3,(H,20,21). The minimum absolute atomic E-state index is 0.362. The molecule has 2 rings (SSSR count). The Bertz CT molecular complexity index is 517. The van der Waals surface area contributed by atoms with Crippen LogP contribution in [0.1, 0.15) is 24.8 Å². The molecule has 0 aliphatic carbocycles. The summed E-state index contributed by atoms with van der Waals surface area (Å²) in [5, 5.41) is 3.46. The highest BCUT2D eigenvalue weighted by molar-refractivity contribution is 9.10. The van der Waals surface area contributed by atoms with Crippen LogP contribution in [-0.4, -0.2) is 57.4 Å². The summed E-state index contributed by atoms with van der Waals surface area (Å²) >= 11 is 3.51. The minimum atomic E-state index is 0.362. The monoisotopic (exact) mass is 397 g/mol. The first-order valence-electron chi connectivity index (χ1n) is 8.53. The van der Waals surface area contributed by atoms with Gasteiger partial charge in [-0.1, -0.05) is 28.1 Å². The Balaban J connectivity index is 1.73. The number of rotatable bonds is 7. The van der Waals surface area contributed by atoms with Crippen molar-refractivity contribution in [2.75, 3.05) is 40.5 Å². The summed E-state index contributed by atoms with van der Waals surface area (Å²) in [5.41, 5.74) is 1.24. The number of piperidine rings is 1. The topological polar surface area (TPSA) is 46.1 Å². The number of benzene rings is 1. The number of halogens is 1. The summed E-state index contributed by atoms with van der Waals surface area (Å²) in [6.07, 6.45) is 3.42. The molecule has 0 amide bonds. The second kappa shape index (κ2) is 10.7. The average molecular weight is 398 g/mol. The highest BCUT2D eigenvalue weighted by atomic mass is 79.9. The number of nitrogens with zero attached hydrogens (tertiary/aromatic N) is 2. The van der Waals surface area contributed by atoms with E-state index in [9.17, 15) is 0 Å². The Morgan fingerprint density at radius 1 is 1.33 bits per heavy atom. The van der Waals surface area contributed by atoms with Crippen LogP contribution in [-0.2, 0) is 16.0 Å². The quantitative estimate of drug-likeness (QED) is 0.436. The van der Waals surface area contributed by atoms with E-state index in [0.717, 1.165) is 62.5 Å². The molecule has 0 aromatic heterocycles. The first-order chi connectivity index (χ1) is 11.7. The van der Waals surface area contributed by atoms with Gasteiger partial charge in [-0.3, -0.25) is 4.99 Å². The van der Waals surface area contributed by atoms with Crippen LogP contribution in [0.2, 0.25) is 0 Å². The third-order valence-electron chi connectivity index (χ3n) is 4.14. The number of aliphatic imine (C=N–C) groups is 1. The Kier molecular flexibility index (Phi) is 8.56. The van der Waals surface area contributed by atoms with Crippen LogP contribution in [0, 0.1) is 0 Å². The van der Waals surface area contributed by atoms with Gasteiger partial charge in [0.05, 0.1) is 6.10 Å². The molecule has 1 aromatic carbocycles. The zero-order valence-corrected chi connectivity index (χ0v) is 16.2. The van der Waals surface area contributed by atoms with Crippen molar-refractivity contribution in [3.63, 3.8) is 0 Å². The molecular formula is C18H28BrN3O2. The summed E-state index contributed by atoms with van der Waals surface area (Å²) in [5.74, 6) is 0.966. The van der Waals surface area contributed by atoms with Gasteiger partial charge in [0.25, 0.3) is 0 Å². The number of likely N-dealkylation sites (tertiary alicyclic amines) is 1. The van der Waals surface area contributed by atoms with Gasteiger partial charge in [-0.15, -0.1) is 0 Å². The summed E-state index contributed by atoms with van der Waals surface area (Å²) < 4.78 is 12.1. The van der Waals surface area contributed by atoms with Gasteiger partial charge in [-0.2, -0.15) is 0 Å². The van der Waals surface area contributed by atoms with E-state index in [0.29, 0.717) is 6.10 Å². The molecule has 1 aromatic rings. The van der Waals surface area contributed by atoms with Crippen LogP contribution in [0.25, 0.3) is 0 Å². The number of methoxy groups -OCH3 is 1. The molecule has 0 saturated carbocycles. The van der Waals surface area contributed by atoms with Crippen LogP contribution in [0.5, 0.6) is 0 Å². The molecule has 6 heteroatoms. The van der Waals surface area contributed by atoms with Gasteiger partial charge in [-0.25, -0.2) is 0 Å². The molecule has 1 aliphatic heterocycles. The highest BCUT2D eigenvalue weighted by Crippen LogP contribution is 2.15. The van der Waals surface area contributed by atoms with Gasteiger partial charge in [0.2, 0.25) is 0 Å². The fourth-order valence-corrected chi connectivity index (χ4v) is 3.29. The molecule has 0 unspecified atom stereocenters. The Hall–Kier alpha value is -1.11. The summed E-state index contributed by atoms with van der Waals surface area (Å²) in [7, 11) is 3.57. The second-order valence-electron chi connectivity index (χ2n) is 5.93. The number of nitrogens with one attached hydrogen (secondary N) is 1. The maximum absolute atomic E-state index is 5.92. The predicted molar refractivity (Wildman–Crippen MR) is 101 cm³/mol. The molecule has 0 bridgehead atoms. The van der Waals surface area contributed by atoms with E-state index < -0.39 is 0 Å². The van der Waals surface area contributed by atoms with Crippen LogP contribution < -0.4 is 5.32 Å². The Morgan fingerprint density at radius 2 is 2.12 bits per heavy atom. The summed E-state index contributed by atoms with van der Waals surface area (Å²) in [4.78, 5) is 6.74.